The molecular formula is C18H30BrNO. The summed E-state index contributed by atoms with van der Waals surface area (Å²) in [5.41, 5.74) is 0.786. The number of unbranched alkanes of at least 4 members (excludes halogenated alkanes) is 9. The zero-order valence-corrected chi connectivity index (χ0v) is 14.9. The number of aliphatic hydroxyl groups is 1. The van der Waals surface area contributed by atoms with Crippen molar-refractivity contribution in [2.45, 2.75) is 83.7 Å². The lowest BCUT2D eigenvalue weighted by Crippen LogP contribution is -2.00. The molecule has 3 heteroatoms. The number of pyridine rings is 1. The van der Waals surface area contributed by atoms with Crippen LogP contribution in [0, 0.1) is 0 Å². The van der Waals surface area contributed by atoms with Crippen molar-refractivity contribution < 1.29 is 5.11 Å². The van der Waals surface area contributed by atoms with E-state index in [0.29, 0.717) is 0 Å². The highest BCUT2D eigenvalue weighted by Crippen LogP contribution is 2.20. The number of aliphatic hydroxyl groups excluding tert-OH is 1. The Hall–Kier alpha value is -0.410. The van der Waals surface area contributed by atoms with Crippen molar-refractivity contribution in [2.24, 2.45) is 0 Å². The van der Waals surface area contributed by atoms with Crippen LogP contribution in [0.2, 0.25) is 0 Å². The van der Waals surface area contributed by atoms with E-state index in [4.69, 9.17) is 0 Å². The lowest BCUT2D eigenvalue weighted by molar-refractivity contribution is 0.158. The Morgan fingerprint density at radius 3 is 2.05 bits per heavy atom. The molecule has 0 saturated carbocycles. The summed E-state index contributed by atoms with van der Waals surface area (Å²) in [6.07, 6.45) is 15.4. The summed E-state index contributed by atoms with van der Waals surface area (Å²) in [6, 6.07) is 3.83. The zero-order chi connectivity index (χ0) is 15.3. The number of rotatable bonds is 12. The molecule has 0 radical (unpaired) electrons. The second kappa shape index (κ2) is 12.2. The highest BCUT2D eigenvalue weighted by molar-refractivity contribution is 9.10. The summed E-state index contributed by atoms with van der Waals surface area (Å²) in [5, 5.41) is 10.1. The minimum atomic E-state index is -0.410. The molecule has 1 heterocycles. The molecule has 1 rings (SSSR count). The molecule has 120 valence electrons. The molecule has 21 heavy (non-hydrogen) atoms. The first kappa shape index (κ1) is 18.6. The maximum Gasteiger partial charge on any atom is 0.0959 e. The first-order valence-corrected chi connectivity index (χ1v) is 9.33. The van der Waals surface area contributed by atoms with Gasteiger partial charge in [0.2, 0.25) is 0 Å². The standard InChI is InChI=1S/C18H30BrNO/c1-2-3-4-5-6-7-8-9-10-11-12-18(21)17-14-13-16(19)15-20-17/h13-15,18,21H,2-12H2,1H3. The molecule has 2 nitrogen and oxygen atoms in total. The molecule has 0 bridgehead atoms. The van der Waals surface area contributed by atoms with Gasteiger partial charge in [0.15, 0.2) is 0 Å². The third-order valence-corrected chi connectivity index (χ3v) is 4.39. The van der Waals surface area contributed by atoms with E-state index in [0.717, 1.165) is 23.0 Å². The highest BCUT2D eigenvalue weighted by atomic mass is 79.9. The van der Waals surface area contributed by atoms with Crippen LogP contribution in [0.1, 0.15) is 89.4 Å². The average Bonchev–Trinajstić information content (AvgIpc) is 2.49. The van der Waals surface area contributed by atoms with E-state index >= 15 is 0 Å². The largest absolute Gasteiger partial charge is 0.387 e. The van der Waals surface area contributed by atoms with Gasteiger partial charge in [-0.25, -0.2) is 0 Å². The van der Waals surface area contributed by atoms with Crippen molar-refractivity contribution in [3.8, 4) is 0 Å². The van der Waals surface area contributed by atoms with E-state index in [1.54, 1.807) is 6.20 Å². The van der Waals surface area contributed by atoms with E-state index in [1.807, 2.05) is 12.1 Å². The first-order chi connectivity index (χ1) is 10.2. The maximum atomic E-state index is 10.1. The Morgan fingerprint density at radius 1 is 0.952 bits per heavy atom. The van der Waals surface area contributed by atoms with Crippen molar-refractivity contribution in [3.63, 3.8) is 0 Å². The first-order valence-electron chi connectivity index (χ1n) is 8.53. The third-order valence-electron chi connectivity index (χ3n) is 3.92. The van der Waals surface area contributed by atoms with Gasteiger partial charge in [-0.1, -0.05) is 71.1 Å². The van der Waals surface area contributed by atoms with Crippen LogP contribution in [0.25, 0.3) is 0 Å². The highest BCUT2D eigenvalue weighted by Gasteiger charge is 2.08. The summed E-state index contributed by atoms with van der Waals surface area (Å²) in [5.74, 6) is 0. The smallest absolute Gasteiger partial charge is 0.0959 e. The van der Waals surface area contributed by atoms with Gasteiger partial charge in [-0.3, -0.25) is 4.98 Å². The predicted molar refractivity (Wildman–Crippen MR) is 93.4 cm³/mol. The molecule has 1 N–H and O–H groups in total. The normalized spacial score (nSPS) is 12.5. The number of hydrogen-bond donors (Lipinski definition) is 1. The molecular weight excluding hydrogens is 326 g/mol. The third kappa shape index (κ3) is 9.26. The monoisotopic (exact) mass is 355 g/mol. The van der Waals surface area contributed by atoms with E-state index in [9.17, 15) is 5.11 Å². The van der Waals surface area contributed by atoms with Gasteiger partial charge < -0.3 is 5.11 Å². The molecule has 0 spiro atoms. The van der Waals surface area contributed by atoms with Crippen LogP contribution in [0.4, 0.5) is 0 Å². The second-order valence-electron chi connectivity index (χ2n) is 5.89. The van der Waals surface area contributed by atoms with Gasteiger partial charge in [0.25, 0.3) is 0 Å². The van der Waals surface area contributed by atoms with Crippen molar-refractivity contribution >= 4 is 15.9 Å². The zero-order valence-electron chi connectivity index (χ0n) is 13.4. The van der Waals surface area contributed by atoms with Crippen molar-refractivity contribution in [2.75, 3.05) is 0 Å². The van der Waals surface area contributed by atoms with E-state index < -0.39 is 6.10 Å². The van der Waals surface area contributed by atoms with Crippen molar-refractivity contribution in [1.82, 2.24) is 4.98 Å². The van der Waals surface area contributed by atoms with Crippen LogP contribution in [0.15, 0.2) is 22.8 Å². The lowest BCUT2D eigenvalue weighted by atomic mass is 10.0. The molecule has 1 aromatic rings. The molecule has 0 aliphatic heterocycles. The molecule has 1 unspecified atom stereocenters. The number of hydrogen-bond acceptors (Lipinski definition) is 2. The molecule has 0 aromatic carbocycles. The Kier molecular flexibility index (Phi) is 10.8. The van der Waals surface area contributed by atoms with Crippen LogP contribution in [-0.2, 0) is 0 Å². The minimum Gasteiger partial charge on any atom is -0.387 e. The molecule has 1 aromatic heterocycles. The van der Waals surface area contributed by atoms with Crippen LogP contribution in [0.5, 0.6) is 0 Å². The Balaban J connectivity index is 1.95. The van der Waals surface area contributed by atoms with Crippen LogP contribution >= 0.6 is 15.9 Å². The maximum absolute atomic E-state index is 10.1. The van der Waals surface area contributed by atoms with Gasteiger partial charge in [-0.15, -0.1) is 0 Å². The van der Waals surface area contributed by atoms with Gasteiger partial charge in [0.1, 0.15) is 0 Å². The molecule has 0 saturated heterocycles. The molecule has 0 amide bonds. The minimum absolute atomic E-state index is 0.410. The number of aromatic nitrogens is 1. The van der Waals surface area contributed by atoms with Gasteiger partial charge in [-0.2, -0.15) is 0 Å². The predicted octanol–water partition coefficient (Wildman–Crippen LogP) is 6.19. The summed E-state index contributed by atoms with van der Waals surface area (Å²) in [7, 11) is 0. The van der Waals surface area contributed by atoms with Gasteiger partial charge in [-0.05, 0) is 34.5 Å². The fourth-order valence-corrected chi connectivity index (χ4v) is 2.79. The molecule has 0 fully saturated rings. The quantitative estimate of drug-likeness (QED) is 0.453. The van der Waals surface area contributed by atoms with E-state index in [1.165, 1.54) is 57.8 Å². The Morgan fingerprint density at radius 2 is 1.52 bits per heavy atom. The van der Waals surface area contributed by atoms with E-state index in [-0.39, 0.29) is 0 Å². The fourth-order valence-electron chi connectivity index (χ4n) is 2.56. The fraction of sp³-hybridized carbons (Fsp3) is 0.722. The van der Waals surface area contributed by atoms with Crippen LogP contribution in [-0.4, -0.2) is 10.1 Å². The summed E-state index contributed by atoms with van der Waals surface area (Å²) in [6.45, 7) is 2.26. The van der Waals surface area contributed by atoms with Crippen LogP contribution in [0.3, 0.4) is 0 Å². The average molecular weight is 356 g/mol. The number of halogens is 1. The Labute approximate surface area is 138 Å². The van der Waals surface area contributed by atoms with Crippen molar-refractivity contribution in [1.29, 1.82) is 0 Å². The van der Waals surface area contributed by atoms with Crippen molar-refractivity contribution in [3.05, 3.63) is 28.5 Å². The van der Waals surface area contributed by atoms with Gasteiger partial charge in [0.05, 0.1) is 11.8 Å². The summed E-state index contributed by atoms with van der Waals surface area (Å²) >= 11 is 3.36. The lowest BCUT2D eigenvalue weighted by Gasteiger charge is -2.09. The number of nitrogens with zero attached hydrogens (tertiary/aromatic N) is 1. The SMILES string of the molecule is CCCCCCCCCCCCC(O)c1ccc(Br)cn1. The summed E-state index contributed by atoms with van der Waals surface area (Å²) < 4.78 is 0.956. The topological polar surface area (TPSA) is 33.1 Å². The molecule has 0 aliphatic carbocycles. The van der Waals surface area contributed by atoms with Crippen LogP contribution < -0.4 is 0 Å². The van der Waals surface area contributed by atoms with E-state index in [2.05, 4.69) is 27.8 Å². The summed E-state index contributed by atoms with van der Waals surface area (Å²) in [4.78, 5) is 4.25. The van der Waals surface area contributed by atoms with Gasteiger partial charge in [0, 0.05) is 10.7 Å². The molecule has 1 atom stereocenters. The Bertz CT molecular complexity index is 353. The molecule has 0 aliphatic rings. The second-order valence-corrected chi connectivity index (χ2v) is 6.80. The van der Waals surface area contributed by atoms with Gasteiger partial charge >= 0.3 is 0 Å².